The molecule has 0 spiro atoms. The summed E-state index contributed by atoms with van der Waals surface area (Å²) in [4.78, 5) is 18.0. The molecule has 4 N–H and O–H groups in total. The number of carbonyl (C=O) groups is 1. The number of imidazole rings is 1. The van der Waals surface area contributed by atoms with E-state index in [4.69, 9.17) is 5.21 Å². The Kier molecular flexibility index (Phi) is 3.06. The second-order valence-corrected chi connectivity index (χ2v) is 3.51. The number of hydroxylamine groups is 1. The van der Waals surface area contributed by atoms with Gasteiger partial charge in [-0.15, -0.1) is 0 Å². The van der Waals surface area contributed by atoms with Gasteiger partial charge in [-0.05, 0) is 6.07 Å². The van der Waals surface area contributed by atoms with Gasteiger partial charge < -0.3 is 10.1 Å². The van der Waals surface area contributed by atoms with E-state index in [1.165, 1.54) is 17.9 Å². The van der Waals surface area contributed by atoms with E-state index in [0.29, 0.717) is 12.0 Å². The van der Waals surface area contributed by atoms with E-state index < -0.39 is 5.91 Å². The van der Waals surface area contributed by atoms with Crippen molar-refractivity contribution in [2.45, 2.75) is 6.42 Å². The zero-order valence-electron chi connectivity index (χ0n) is 8.84. The first kappa shape index (κ1) is 11.2. The summed E-state index contributed by atoms with van der Waals surface area (Å²) in [6, 6.07) is 4.76. The lowest BCUT2D eigenvalue weighted by atomic mass is 10.0. The molecule has 0 fully saturated rings. The molecule has 0 saturated carbocycles. The van der Waals surface area contributed by atoms with Crippen molar-refractivity contribution < 1.29 is 15.1 Å². The largest absolute Gasteiger partial charge is 0.507 e. The third-order valence-electron chi connectivity index (χ3n) is 2.40. The number of hydrogen-bond donors (Lipinski definition) is 4. The summed E-state index contributed by atoms with van der Waals surface area (Å²) in [6.45, 7) is 0. The van der Waals surface area contributed by atoms with Crippen LogP contribution in [0.4, 0.5) is 0 Å². The summed E-state index contributed by atoms with van der Waals surface area (Å²) >= 11 is 0. The number of nitrogens with one attached hydrogen (secondary N) is 2. The molecule has 88 valence electrons. The third-order valence-corrected chi connectivity index (χ3v) is 2.40. The molecule has 6 nitrogen and oxygen atoms in total. The summed E-state index contributed by atoms with van der Waals surface area (Å²) in [6.07, 6.45) is 3.60. The number of benzene rings is 1. The Morgan fingerprint density at radius 1 is 1.47 bits per heavy atom. The van der Waals surface area contributed by atoms with Crippen molar-refractivity contribution in [3.63, 3.8) is 0 Å². The predicted molar refractivity (Wildman–Crippen MR) is 58.8 cm³/mol. The molecule has 1 heterocycles. The van der Waals surface area contributed by atoms with Crippen LogP contribution in [-0.2, 0) is 6.42 Å². The average molecular weight is 233 g/mol. The van der Waals surface area contributed by atoms with Gasteiger partial charge in [-0.1, -0.05) is 12.1 Å². The Balaban J connectivity index is 2.32. The number of nitrogens with zero attached hydrogens (tertiary/aromatic N) is 1. The number of para-hydroxylation sites is 1. The molecule has 0 aliphatic heterocycles. The molecule has 1 aromatic carbocycles. The van der Waals surface area contributed by atoms with Crippen LogP contribution in [0.3, 0.4) is 0 Å². The van der Waals surface area contributed by atoms with Crippen molar-refractivity contribution >= 4 is 5.91 Å². The van der Waals surface area contributed by atoms with Crippen LogP contribution in [-0.4, -0.2) is 26.2 Å². The lowest BCUT2D eigenvalue weighted by molar-refractivity contribution is 0.0703. The number of hydrogen-bond acceptors (Lipinski definition) is 4. The number of aromatic amines is 1. The van der Waals surface area contributed by atoms with Crippen LogP contribution < -0.4 is 5.48 Å². The first-order chi connectivity index (χ1) is 8.22. The third kappa shape index (κ3) is 2.26. The highest BCUT2D eigenvalue weighted by Crippen LogP contribution is 2.24. The minimum Gasteiger partial charge on any atom is -0.507 e. The molecular weight excluding hydrogens is 222 g/mol. The van der Waals surface area contributed by atoms with E-state index in [9.17, 15) is 9.90 Å². The van der Waals surface area contributed by atoms with Crippen molar-refractivity contribution in [1.82, 2.24) is 15.4 Å². The minimum absolute atomic E-state index is 0.0320. The van der Waals surface area contributed by atoms with E-state index in [1.54, 1.807) is 18.3 Å². The molecular formula is C11H11N3O3. The van der Waals surface area contributed by atoms with Gasteiger partial charge in [-0.2, -0.15) is 0 Å². The van der Waals surface area contributed by atoms with Crippen molar-refractivity contribution in [1.29, 1.82) is 0 Å². The summed E-state index contributed by atoms with van der Waals surface area (Å²) in [5, 5.41) is 18.4. The maximum absolute atomic E-state index is 11.2. The molecule has 2 aromatic rings. The number of H-pyrrole nitrogens is 1. The number of phenols is 1. The van der Waals surface area contributed by atoms with Crippen LogP contribution in [0.25, 0.3) is 0 Å². The smallest absolute Gasteiger partial charge is 0.278 e. The molecule has 17 heavy (non-hydrogen) atoms. The zero-order valence-corrected chi connectivity index (χ0v) is 8.84. The lowest BCUT2D eigenvalue weighted by Crippen LogP contribution is -2.18. The fourth-order valence-corrected chi connectivity index (χ4v) is 1.56. The van der Waals surface area contributed by atoms with Gasteiger partial charge in [-0.3, -0.25) is 10.0 Å². The first-order valence-electron chi connectivity index (χ1n) is 4.95. The summed E-state index contributed by atoms with van der Waals surface area (Å²) in [7, 11) is 0. The fraction of sp³-hybridized carbons (Fsp3) is 0.0909. The second-order valence-electron chi connectivity index (χ2n) is 3.51. The summed E-state index contributed by atoms with van der Waals surface area (Å²) in [5.41, 5.74) is 2.92. The van der Waals surface area contributed by atoms with Gasteiger partial charge in [0.1, 0.15) is 5.75 Å². The van der Waals surface area contributed by atoms with Gasteiger partial charge in [0.15, 0.2) is 0 Å². The SMILES string of the molecule is O=C(NO)c1cccc(Cc2cnc[nH]2)c1O. The van der Waals surface area contributed by atoms with Crippen molar-refractivity contribution in [3.8, 4) is 5.75 Å². The van der Waals surface area contributed by atoms with Crippen molar-refractivity contribution in [2.75, 3.05) is 0 Å². The van der Waals surface area contributed by atoms with Crippen molar-refractivity contribution in [2.24, 2.45) is 0 Å². The highest BCUT2D eigenvalue weighted by molar-refractivity contribution is 5.96. The fourth-order valence-electron chi connectivity index (χ4n) is 1.56. The molecule has 0 radical (unpaired) electrons. The summed E-state index contributed by atoms with van der Waals surface area (Å²) < 4.78 is 0. The molecule has 0 bridgehead atoms. The predicted octanol–water partition coefficient (Wildman–Crippen LogP) is 0.825. The Labute approximate surface area is 96.9 Å². The van der Waals surface area contributed by atoms with Crippen LogP contribution in [0.15, 0.2) is 30.7 Å². The normalized spacial score (nSPS) is 10.2. The zero-order chi connectivity index (χ0) is 12.3. The Morgan fingerprint density at radius 2 is 2.29 bits per heavy atom. The Hall–Kier alpha value is -2.34. The highest BCUT2D eigenvalue weighted by Gasteiger charge is 2.13. The number of aromatic hydroxyl groups is 1. The van der Waals surface area contributed by atoms with Gasteiger partial charge >= 0.3 is 0 Å². The molecule has 0 aliphatic carbocycles. The second kappa shape index (κ2) is 4.67. The van der Waals surface area contributed by atoms with E-state index in [-0.39, 0.29) is 11.3 Å². The molecule has 1 amide bonds. The van der Waals surface area contributed by atoms with Gasteiger partial charge in [0, 0.05) is 23.9 Å². The molecule has 0 unspecified atom stereocenters. The van der Waals surface area contributed by atoms with E-state index >= 15 is 0 Å². The molecule has 1 aromatic heterocycles. The van der Waals surface area contributed by atoms with Crippen LogP contribution in [0.5, 0.6) is 5.75 Å². The maximum Gasteiger partial charge on any atom is 0.278 e. The molecule has 2 rings (SSSR count). The summed E-state index contributed by atoms with van der Waals surface area (Å²) in [5.74, 6) is -0.886. The highest BCUT2D eigenvalue weighted by atomic mass is 16.5. The van der Waals surface area contributed by atoms with Crippen LogP contribution in [0.2, 0.25) is 0 Å². The molecule has 0 saturated heterocycles. The molecule has 0 atom stereocenters. The number of rotatable bonds is 3. The van der Waals surface area contributed by atoms with E-state index in [0.717, 1.165) is 5.69 Å². The Bertz CT molecular complexity index is 523. The number of carbonyl (C=O) groups excluding carboxylic acids is 1. The maximum atomic E-state index is 11.2. The minimum atomic E-state index is -0.742. The van der Waals surface area contributed by atoms with E-state index in [2.05, 4.69) is 9.97 Å². The Morgan fingerprint density at radius 3 is 2.94 bits per heavy atom. The van der Waals surface area contributed by atoms with Crippen LogP contribution >= 0.6 is 0 Å². The number of aromatic nitrogens is 2. The molecule has 6 heteroatoms. The van der Waals surface area contributed by atoms with Gasteiger partial charge in [-0.25, -0.2) is 10.5 Å². The standard InChI is InChI=1S/C11H11N3O3/c15-10-7(4-8-5-12-6-13-8)2-1-3-9(10)11(16)14-17/h1-3,5-6,15,17H,4H2,(H,12,13)(H,14,16). The number of phenolic OH excluding ortho intramolecular Hbond substituents is 1. The molecule has 0 aliphatic rings. The van der Waals surface area contributed by atoms with Gasteiger partial charge in [0.05, 0.1) is 11.9 Å². The van der Waals surface area contributed by atoms with Gasteiger partial charge in [0.25, 0.3) is 5.91 Å². The topological polar surface area (TPSA) is 98.2 Å². The monoisotopic (exact) mass is 233 g/mol. The lowest BCUT2D eigenvalue weighted by Gasteiger charge is -2.07. The quantitative estimate of drug-likeness (QED) is 0.466. The van der Waals surface area contributed by atoms with Crippen LogP contribution in [0.1, 0.15) is 21.6 Å². The average Bonchev–Trinajstić information content (AvgIpc) is 2.84. The van der Waals surface area contributed by atoms with E-state index in [1.807, 2.05) is 0 Å². The van der Waals surface area contributed by atoms with Gasteiger partial charge in [0.2, 0.25) is 0 Å². The number of amides is 1. The first-order valence-corrected chi connectivity index (χ1v) is 4.95. The van der Waals surface area contributed by atoms with Crippen LogP contribution in [0, 0.1) is 0 Å². The van der Waals surface area contributed by atoms with Crippen molar-refractivity contribution in [3.05, 3.63) is 47.5 Å².